The Bertz CT molecular complexity index is 1210. The molecular weight excluding hydrogens is 444 g/mol. The number of aromatic nitrogens is 3. The second-order valence-corrected chi connectivity index (χ2v) is 10.2. The van der Waals surface area contributed by atoms with Gasteiger partial charge in [0.05, 0.1) is 24.6 Å². The Kier molecular flexibility index (Phi) is 7.22. The fourth-order valence-corrected chi connectivity index (χ4v) is 4.42. The second-order valence-electron chi connectivity index (χ2n) is 9.29. The van der Waals surface area contributed by atoms with Gasteiger partial charge in [-0.25, -0.2) is 0 Å². The van der Waals surface area contributed by atoms with Gasteiger partial charge in [-0.3, -0.25) is 9.36 Å². The maximum absolute atomic E-state index is 12.6. The van der Waals surface area contributed by atoms with Gasteiger partial charge in [-0.05, 0) is 35.6 Å². The molecule has 4 aromatic rings. The molecule has 34 heavy (non-hydrogen) atoms. The lowest BCUT2D eigenvalue weighted by atomic mass is 9.87. The standard InChI is InChI=1S/C27H30N4O2S/c1-19(20-9-6-5-7-10-20)28-24(32)18-34-26-30-29-25(31(26)17-23-11-8-16-33-23)21-12-14-22(15-13-21)27(2,3)4/h5-16,19H,17-18H2,1-4H3,(H,28,32). The minimum absolute atomic E-state index is 0.0509. The highest BCUT2D eigenvalue weighted by atomic mass is 32.2. The zero-order valence-corrected chi connectivity index (χ0v) is 20.8. The van der Waals surface area contributed by atoms with Crippen molar-refractivity contribution < 1.29 is 9.21 Å². The third kappa shape index (κ3) is 5.78. The van der Waals surface area contributed by atoms with Gasteiger partial charge in [0.25, 0.3) is 0 Å². The van der Waals surface area contributed by atoms with E-state index in [1.165, 1.54) is 17.3 Å². The lowest BCUT2D eigenvalue weighted by molar-refractivity contribution is -0.119. The van der Waals surface area contributed by atoms with Crippen molar-refractivity contribution in [2.75, 3.05) is 5.75 Å². The van der Waals surface area contributed by atoms with Crippen molar-refractivity contribution in [3.8, 4) is 11.4 Å². The molecule has 2 heterocycles. The van der Waals surface area contributed by atoms with Crippen LogP contribution in [0.3, 0.4) is 0 Å². The molecule has 1 atom stereocenters. The fraction of sp³-hybridized carbons (Fsp3) is 0.296. The van der Waals surface area contributed by atoms with E-state index >= 15 is 0 Å². The topological polar surface area (TPSA) is 73.0 Å². The van der Waals surface area contributed by atoms with Crippen molar-refractivity contribution in [1.82, 2.24) is 20.1 Å². The van der Waals surface area contributed by atoms with Crippen LogP contribution in [-0.4, -0.2) is 26.4 Å². The maximum atomic E-state index is 12.6. The molecular formula is C27H30N4O2S. The van der Waals surface area contributed by atoms with Crippen LogP contribution in [0, 0.1) is 0 Å². The summed E-state index contributed by atoms with van der Waals surface area (Å²) in [4.78, 5) is 12.6. The fourth-order valence-electron chi connectivity index (χ4n) is 3.67. The van der Waals surface area contributed by atoms with Gasteiger partial charge in [-0.15, -0.1) is 10.2 Å². The molecule has 1 N–H and O–H groups in total. The highest BCUT2D eigenvalue weighted by Crippen LogP contribution is 2.28. The average molecular weight is 475 g/mol. The summed E-state index contributed by atoms with van der Waals surface area (Å²) >= 11 is 1.37. The summed E-state index contributed by atoms with van der Waals surface area (Å²) < 4.78 is 7.58. The number of nitrogens with one attached hydrogen (secondary N) is 1. The number of rotatable bonds is 8. The Morgan fingerprint density at radius 3 is 2.41 bits per heavy atom. The molecule has 0 bridgehead atoms. The molecule has 0 saturated heterocycles. The van der Waals surface area contributed by atoms with Crippen molar-refractivity contribution in [3.63, 3.8) is 0 Å². The van der Waals surface area contributed by atoms with Gasteiger partial charge in [0.15, 0.2) is 11.0 Å². The first-order chi connectivity index (χ1) is 16.3. The van der Waals surface area contributed by atoms with Gasteiger partial charge in [0, 0.05) is 5.56 Å². The van der Waals surface area contributed by atoms with Crippen LogP contribution in [0.25, 0.3) is 11.4 Å². The number of furan rings is 1. The van der Waals surface area contributed by atoms with Crippen LogP contribution >= 0.6 is 11.8 Å². The van der Waals surface area contributed by atoms with Crippen LogP contribution in [0.15, 0.2) is 82.6 Å². The third-order valence-electron chi connectivity index (χ3n) is 5.63. The van der Waals surface area contributed by atoms with Gasteiger partial charge in [-0.1, -0.05) is 87.1 Å². The second kappa shape index (κ2) is 10.3. The average Bonchev–Trinajstić information content (AvgIpc) is 3.48. The number of nitrogens with zero attached hydrogens (tertiary/aromatic N) is 3. The zero-order chi connectivity index (χ0) is 24.1. The van der Waals surface area contributed by atoms with Gasteiger partial charge in [0.1, 0.15) is 5.76 Å². The Morgan fingerprint density at radius 2 is 1.76 bits per heavy atom. The van der Waals surface area contributed by atoms with E-state index < -0.39 is 0 Å². The van der Waals surface area contributed by atoms with Crippen LogP contribution in [-0.2, 0) is 16.8 Å². The smallest absolute Gasteiger partial charge is 0.230 e. The Morgan fingerprint density at radius 1 is 1.03 bits per heavy atom. The van der Waals surface area contributed by atoms with Crippen LogP contribution < -0.4 is 5.32 Å². The van der Waals surface area contributed by atoms with Gasteiger partial charge in [-0.2, -0.15) is 0 Å². The maximum Gasteiger partial charge on any atom is 0.230 e. The number of benzene rings is 2. The van der Waals surface area contributed by atoms with Gasteiger partial charge < -0.3 is 9.73 Å². The van der Waals surface area contributed by atoms with E-state index in [4.69, 9.17) is 4.42 Å². The van der Waals surface area contributed by atoms with Crippen LogP contribution in [0.5, 0.6) is 0 Å². The normalized spacial score (nSPS) is 12.5. The van der Waals surface area contributed by atoms with Gasteiger partial charge in [0.2, 0.25) is 5.91 Å². The molecule has 1 unspecified atom stereocenters. The number of thioether (sulfide) groups is 1. The van der Waals surface area contributed by atoms with E-state index in [1.807, 2.05) is 54.0 Å². The van der Waals surface area contributed by atoms with E-state index in [1.54, 1.807) is 6.26 Å². The van der Waals surface area contributed by atoms with E-state index in [9.17, 15) is 4.79 Å². The lowest BCUT2D eigenvalue weighted by Gasteiger charge is -2.19. The zero-order valence-electron chi connectivity index (χ0n) is 20.0. The molecule has 176 valence electrons. The number of amides is 1. The first-order valence-corrected chi connectivity index (χ1v) is 12.3. The summed E-state index contributed by atoms with van der Waals surface area (Å²) in [6.45, 7) is 9.05. The van der Waals surface area contributed by atoms with E-state index in [-0.39, 0.29) is 23.1 Å². The number of carbonyl (C=O) groups excluding carboxylic acids is 1. The van der Waals surface area contributed by atoms with Crippen molar-refractivity contribution >= 4 is 17.7 Å². The molecule has 0 saturated carbocycles. The predicted octanol–water partition coefficient (Wildman–Crippen LogP) is 5.85. The largest absolute Gasteiger partial charge is 0.467 e. The summed E-state index contributed by atoms with van der Waals surface area (Å²) in [5, 5.41) is 12.6. The first kappa shape index (κ1) is 23.8. The SMILES string of the molecule is CC(NC(=O)CSc1nnc(-c2ccc(C(C)(C)C)cc2)n1Cc1ccco1)c1ccccc1. The highest BCUT2D eigenvalue weighted by Gasteiger charge is 2.19. The summed E-state index contributed by atoms with van der Waals surface area (Å²) in [6, 6.07) is 22.1. The van der Waals surface area contributed by atoms with Gasteiger partial charge >= 0.3 is 0 Å². The summed E-state index contributed by atoms with van der Waals surface area (Å²) in [7, 11) is 0. The molecule has 6 nitrogen and oxygen atoms in total. The summed E-state index contributed by atoms with van der Waals surface area (Å²) in [5.74, 6) is 1.75. The van der Waals surface area contributed by atoms with Crippen LogP contribution in [0.1, 0.15) is 50.6 Å². The van der Waals surface area contributed by atoms with E-state index in [2.05, 4.69) is 60.6 Å². The molecule has 7 heteroatoms. The molecule has 1 amide bonds. The number of carbonyl (C=O) groups is 1. The molecule has 0 aliphatic heterocycles. The molecule has 2 aromatic heterocycles. The summed E-state index contributed by atoms with van der Waals surface area (Å²) in [5.41, 5.74) is 3.38. The molecule has 0 aliphatic rings. The molecule has 0 aliphatic carbocycles. The van der Waals surface area contributed by atoms with Crippen molar-refractivity contribution in [1.29, 1.82) is 0 Å². The monoisotopic (exact) mass is 474 g/mol. The van der Waals surface area contributed by atoms with Crippen molar-refractivity contribution in [2.45, 2.75) is 50.9 Å². The minimum Gasteiger partial charge on any atom is -0.467 e. The number of hydrogen-bond acceptors (Lipinski definition) is 5. The predicted molar refractivity (Wildman–Crippen MR) is 136 cm³/mol. The Balaban J connectivity index is 1.52. The Hall–Kier alpha value is -3.32. The highest BCUT2D eigenvalue weighted by molar-refractivity contribution is 7.99. The molecule has 0 fully saturated rings. The lowest BCUT2D eigenvalue weighted by Crippen LogP contribution is -2.28. The summed E-state index contributed by atoms with van der Waals surface area (Å²) in [6.07, 6.45) is 1.66. The molecule has 2 aromatic carbocycles. The Labute approximate surface area is 204 Å². The van der Waals surface area contributed by atoms with Crippen molar-refractivity contribution in [3.05, 3.63) is 89.9 Å². The minimum atomic E-state index is -0.0628. The molecule has 4 rings (SSSR count). The van der Waals surface area contributed by atoms with Crippen LogP contribution in [0.4, 0.5) is 0 Å². The first-order valence-electron chi connectivity index (χ1n) is 11.3. The quantitative estimate of drug-likeness (QED) is 0.324. The van der Waals surface area contributed by atoms with Crippen LogP contribution in [0.2, 0.25) is 0 Å². The number of hydrogen-bond donors (Lipinski definition) is 1. The molecule has 0 spiro atoms. The van der Waals surface area contributed by atoms with Crippen molar-refractivity contribution in [2.24, 2.45) is 0 Å². The van der Waals surface area contributed by atoms with E-state index in [0.717, 1.165) is 22.7 Å². The molecule has 0 radical (unpaired) electrons. The third-order valence-corrected chi connectivity index (χ3v) is 6.60. The van der Waals surface area contributed by atoms with E-state index in [0.29, 0.717) is 11.7 Å².